The maximum Gasteiger partial charge on any atom is 0.0687 e. The lowest BCUT2D eigenvalue weighted by Gasteiger charge is -2.23. The van der Waals surface area contributed by atoms with Crippen LogP contribution in [0.25, 0.3) is 0 Å². The van der Waals surface area contributed by atoms with Gasteiger partial charge in [0.2, 0.25) is 0 Å². The van der Waals surface area contributed by atoms with Crippen LogP contribution in [0.5, 0.6) is 0 Å². The zero-order valence-electron chi connectivity index (χ0n) is 10.3. The van der Waals surface area contributed by atoms with Gasteiger partial charge >= 0.3 is 0 Å². The third-order valence-electron chi connectivity index (χ3n) is 3.87. The Bertz CT molecular complexity index is 214. The quantitative estimate of drug-likeness (QED) is 0.806. The van der Waals surface area contributed by atoms with Crippen molar-refractivity contribution >= 4 is 11.8 Å². The summed E-state index contributed by atoms with van der Waals surface area (Å²) < 4.78 is 6.24. The second-order valence-corrected chi connectivity index (χ2v) is 6.57. The summed E-state index contributed by atoms with van der Waals surface area (Å²) in [5.74, 6) is 2.60. The molecule has 1 aliphatic carbocycles. The van der Waals surface area contributed by atoms with E-state index in [0.717, 1.165) is 11.5 Å². The van der Waals surface area contributed by atoms with E-state index < -0.39 is 0 Å². The molecule has 1 N–H and O–H groups in total. The highest BCUT2D eigenvalue weighted by atomic mass is 32.2. The molecule has 0 aromatic rings. The number of ether oxygens (including phenoxy) is 1. The van der Waals surface area contributed by atoms with Gasteiger partial charge in [0.05, 0.1) is 11.7 Å². The van der Waals surface area contributed by atoms with Crippen molar-refractivity contribution in [3.63, 3.8) is 0 Å². The monoisotopic (exact) mass is 244 g/mol. The minimum Gasteiger partial charge on any atom is -0.396 e. The van der Waals surface area contributed by atoms with Crippen molar-refractivity contribution in [2.24, 2.45) is 5.92 Å². The molecule has 0 radical (unpaired) electrons. The van der Waals surface area contributed by atoms with Crippen LogP contribution in [0.3, 0.4) is 0 Å². The van der Waals surface area contributed by atoms with Crippen molar-refractivity contribution in [2.75, 3.05) is 18.1 Å². The Hall–Kier alpha value is 0.270. The summed E-state index contributed by atoms with van der Waals surface area (Å²) in [6.07, 6.45) is 8.33. The molecule has 2 rings (SSSR count). The van der Waals surface area contributed by atoms with Gasteiger partial charge in [-0.25, -0.2) is 0 Å². The molecule has 2 aliphatic rings. The summed E-state index contributed by atoms with van der Waals surface area (Å²) in [6, 6.07) is 0. The van der Waals surface area contributed by atoms with Gasteiger partial charge in [0, 0.05) is 12.4 Å². The van der Waals surface area contributed by atoms with Gasteiger partial charge in [-0.3, -0.25) is 0 Å². The lowest BCUT2D eigenvalue weighted by atomic mass is 9.98. The van der Waals surface area contributed by atoms with Crippen LogP contribution in [0.4, 0.5) is 0 Å². The molecule has 2 unspecified atom stereocenters. The molecule has 1 heterocycles. The average molecular weight is 244 g/mol. The maximum absolute atomic E-state index is 8.95. The molecule has 3 heteroatoms. The van der Waals surface area contributed by atoms with Crippen molar-refractivity contribution in [3.05, 3.63) is 0 Å². The highest BCUT2D eigenvalue weighted by Gasteiger charge is 2.41. The minimum atomic E-state index is 0.286. The molecule has 0 amide bonds. The molecule has 94 valence electrons. The van der Waals surface area contributed by atoms with E-state index in [1.54, 1.807) is 0 Å². The van der Waals surface area contributed by atoms with Gasteiger partial charge in [0.1, 0.15) is 0 Å². The molecule has 2 nitrogen and oxygen atoms in total. The topological polar surface area (TPSA) is 29.5 Å². The van der Waals surface area contributed by atoms with Gasteiger partial charge in [0.15, 0.2) is 0 Å². The molecule has 1 spiro atoms. The largest absolute Gasteiger partial charge is 0.396 e. The first-order chi connectivity index (χ1) is 7.74. The fourth-order valence-electron chi connectivity index (χ4n) is 2.85. The fraction of sp³-hybridized carbons (Fsp3) is 1.00. The van der Waals surface area contributed by atoms with E-state index >= 15 is 0 Å². The van der Waals surface area contributed by atoms with E-state index in [4.69, 9.17) is 9.84 Å². The maximum atomic E-state index is 8.95. The zero-order chi connectivity index (χ0) is 11.4. The molecular formula is C13H24O2S. The molecule has 1 saturated heterocycles. The Kier molecular flexibility index (Phi) is 4.57. The molecule has 0 aromatic heterocycles. The van der Waals surface area contributed by atoms with E-state index in [0.29, 0.717) is 18.6 Å². The molecule has 1 saturated carbocycles. The van der Waals surface area contributed by atoms with Crippen molar-refractivity contribution in [1.29, 1.82) is 0 Å². The van der Waals surface area contributed by atoms with Crippen LogP contribution in [0.15, 0.2) is 0 Å². The summed E-state index contributed by atoms with van der Waals surface area (Å²) in [6.45, 7) is 2.41. The van der Waals surface area contributed by atoms with Crippen molar-refractivity contribution in [2.45, 2.75) is 57.2 Å². The molecule has 2 atom stereocenters. The lowest BCUT2D eigenvalue weighted by molar-refractivity contribution is -0.0267. The standard InChI is InChI=1S/C13H24O2S/c1-11(8-14)9-16-10-12-4-7-13(15-12)5-2-3-6-13/h11-12,14H,2-10H2,1H3. The Labute approximate surface area is 103 Å². The van der Waals surface area contributed by atoms with E-state index in [2.05, 4.69) is 6.92 Å². The third-order valence-corrected chi connectivity index (χ3v) is 5.28. The average Bonchev–Trinajstić information content (AvgIpc) is 2.90. The highest BCUT2D eigenvalue weighted by molar-refractivity contribution is 7.99. The van der Waals surface area contributed by atoms with Gasteiger partial charge in [-0.05, 0) is 37.4 Å². The second kappa shape index (κ2) is 5.74. The van der Waals surface area contributed by atoms with E-state index in [-0.39, 0.29) is 5.60 Å². The van der Waals surface area contributed by atoms with E-state index in [1.165, 1.54) is 38.5 Å². The Morgan fingerprint density at radius 2 is 2.12 bits per heavy atom. The van der Waals surface area contributed by atoms with Gasteiger partial charge < -0.3 is 9.84 Å². The number of aliphatic hydroxyl groups excluding tert-OH is 1. The van der Waals surface area contributed by atoms with Crippen LogP contribution < -0.4 is 0 Å². The van der Waals surface area contributed by atoms with Gasteiger partial charge in [0.25, 0.3) is 0 Å². The third kappa shape index (κ3) is 3.14. The SMILES string of the molecule is CC(CO)CSCC1CCC2(CCCC2)O1. The van der Waals surface area contributed by atoms with Crippen LogP contribution in [0.2, 0.25) is 0 Å². The van der Waals surface area contributed by atoms with Crippen molar-refractivity contribution < 1.29 is 9.84 Å². The first-order valence-electron chi connectivity index (χ1n) is 6.60. The molecule has 2 fully saturated rings. The van der Waals surface area contributed by atoms with Gasteiger partial charge in [-0.15, -0.1) is 0 Å². The molecule has 0 bridgehead atoms. The summed E-state index contributed by atoms with van der Waals surface area (Å²) in [5.41, 5.74) is 0.286. The summed E-state index contributed by atoms with van der Waals surface area (Å²) in [5, 5.41) is 8.95. The Morgan fingerprint density at radius 1 is 1.38 bits per heavy atom. The molecule has 16 heavy (non-hydrogen) atoms. The Balaban J connectivity index is 1.65. The molecule has 1 aliphatic heterocycles. The van der Waals surface area contributed by atoms with Crippen LogP contribution in [-0.2, 0) is 4.74 Å². The fourth-order valence-corrected chi connectivity index (χ4v) is 3.99. The normalized spacial score (nSPS) is 30.0. The molecule has 0 aromatic carbocycles. The van der Waals surface area contributed by atoms with E-state index in [1.807, 2.05) is 11.8 Å². The number of rotatable bonds is 5. The van der Waals surface area contributed by atoms with Crippen LogP contribution >= 0.6 is 11.8 Å². The van der Waals surface area contributed by atoms with E-state index in [9.17, 15) is 0 Å². The van der Waals surface area contributed by atoms with Crippen molar-refractivity contribution in [3.8, 4) is 0 Å². The first kappa shape index (κ1) is 12.7. The first-order valence-corrected chi connectivity index (χ1v) is 7.76. The molecular weight excluding hydrogens is 220 g/mol. The minimum absolute atomic E-state index is 0.286. The van der Waals surface area contributed by atoms with Crippen molar-refractivity contribution in [1.82, 2.24) is 0 Å². The number of hydrogen-bond acceptors (Lipinski definition) is 3. The predicted octanol–water partition coefficient (Wildman–Crippen LogP) is 2.84. The summed E-state index contributed by atoms with van der Waals surface area (Å²) in [4.78, 5) is 0. The number of aliphatic hydroxyl groups is 1. The lowest BCUT2D eigenvalue weighted by Crippen LogP contribution is -2.25. The zero-order valence-corrected chi connectivity index (χ0v) is 11.1. The summed E-state index contributed by atoms with van der Waals surface area (Å²) >= 11 is 1.94. The number of thioether (sulfide) groups is 1. The van der Waals surface area contributed by atoms with Crippen LogP contribution in [0, 0.1) is 5.92 Å². The van der Waals surface area contributed by atoms with Gasteiger partial charge in [-0.2, -0.15) is 11.8 Å². The van der Waals surface area contributed by atoms with Crippen LogP contribution in [-0.4, -0.2) is 34.9 Å². The highest BCUT2D eigenvalue weighted by Crippen LogP contribution is 2.43. The second-order valence-electron chi connectivity index (χ2n) is 5.49. The Morgan fingerprint density at radius 3 is 2.81 bits per heavy atom. The van der Waals surface area contributed by atoms with Gasteiger partial charge in [-0.1, -0.05) is 19.8 Å². The number of hydrogen-bond donors (Lipinski definition) is 1. The smallest absolute Gasteiger partial charge is 0.0687 e. The van der Waals surface area contributed by atoms with Crippen LogP contribution in [0.1, 0.15) is 45.4 Å². The summed E-state index contributed by atoms with van der Waals surface area (Å²) in [7, 11) is 0. The predicted molar refractivity (Wildman–Crippen MR) is 68.9 cm³/mol.